The highest BCUT2D eigenvalue weighted by molar-refractivity contribution is 7.90. The molecule has 19 heavy (non-hydrogen) atoms. The first-order valence-electron chi connectivity index (χ1n) is 5.37. The average Bonchev–Trinajstić information content (AvgIpc) is 2.85. The van der Waals surface area contributed by atoms with E-state index >= 15 is 0 Å². The number of ether oxygens (including phenoxy) is 1. The fraction of sp³-hybridized carbons (Fsp3) is 0.273. The highest BCUT2D eigenvalue weighted by Gasteiger charge is 2.20. The van der Waals surface area contributed by atoms with Crippen LogP contribution in [0.25, 0.3) is 11.4 Å². The normalized spacial score (nSPS) is 11.5. The highest BCUT2D eigenvalue weighted by Crippen LogP contribution is 2.33. The minimum absolute atomic E-state index is 0.0756. The van der Waals surface area contributed by atoms with Crippen molar-refractivity contribution in [3.63, 3.8) is 0 Å². The Kier molecular flexibility index (Phi) is 3.54. The third kappa shape index (κ3) is 2.59. The van der Waals surface area contributed by atoms with Gasteiger partial charge < -0.3 is 15.0 Å². The van der Waals surface area contributed by atoms with Crippen LogP contribution in [0.15, 0.2) is 27.6 Å². The van der Waals surface area contributed by atoms with Gasteiger partial charge in [-0.15, -0.1) is 0 Å². The van der Waals surface area contributed by atoms with Crippen LogP contribution in [0.2, 0.25) is 0 Å². The zero-order valence-corrected chi connectivity index (χ0v) is 11.3. The van der Waals surface area contributed by atoms with Gasteiger partial charge in [-0.2, -0.15) is 4.98 Å². The van der Waals surface area contributed by atoms with Gasteiger partial charge in [0.05, 0.1) is 19.2 Å². The van der Waals surface area contributed by atoms with Gasteiger partial charge in [-0.25, -0.2) is 8.42 Å². The van der Waals surface area contributed by atoms with Crippen molar-refractivity contribution in [3.8, 4) is 17.1 Å². The lowest BCUT2D eigenvalue weighted by Gasteiger charge is -2.09. The van der Waals surface area contributed by atoms with E-state index in [9.17, 15) is 8.42 Å². The Labute approximate surface area is 110 Å². The van der Waals surface area contributed by atoms with Crippen LogP contribution in [-0.4, -0.2) is 31.9 Å². The second-order valence-electron chi connectivity index (χ2n) is 3.82. The van der Waals surface area contributed by atoms with Crippen LogP contribution in [-0.2, 0) is 16.4 Å². The van der Waals surface area contributed by atoms with Gasteiger partial charge >= 0.3 is 0 Å². The number of nitrogens with zero attached hydrogens (tertiary/aromatic N) is 2. The molecule has 0 aliphatic heterocycles. The van der Waals surface area contributed by atoms with Crippen molar-refractivity contribution in [1.82, 2.24) is 10.1 Å². The molecule has 2 aromatic rings. The number of rotatable bonds is 4. The predicted octanol–water partition coefficient (Wildman–Crippen LogP) is 0.607. The lowest BCUT2D eigenvalue weighted by molar-refractivity contribution is 0.379. The molecule has 0 spiro atoms. The highest BCUT2D eigenvalue weighted by atomic mass is 32.2. The van der Waals surface area contributed by atoms with Gasteiger partial charge in [-0.3, -0.25) is 0 Å². The van der Waals surface area contributed by atoms with Crippen molar-refractivity contribution in [2.45, 2.75) is 11.4 Å². The van der Waals surface area contributed by atoms with Gasteiger partial charge in [-0.1, -0.05) is 11.2 Å². The van der Waals surface area contributed by atoms with Crippen LogP contribution in [0.3, 0.4) is 0 Å². The quantitative estimate of drug-likeness (QED) is 0.875. The van der Waals surface area contributed by atoms with Crippen molar-refractivity contribution in [3.05, 3.63) is 24.1 Å². The Bertz CT molecular complexity index is 694. The van der Waals surface area contributed by atoms with E-state index in [1.807, 2.05) is 0 Å². The molecule has 1 heterocycles. The Morgan fingerprint density at radius 1 is 1.42 bits per heavy atom. The number of sulfone groups is 1. The first kappa shape index (κ1) is 13.5. The van der Waals surface area contributed by atoms with Gasteiger partial charge in [0.15, 0.2) is 9.84 Å². The molecule has 0 amide bonds. The van der Waals surface area contributed by atoms with Gasteiger partial charge in [0, 0.05) is 6.26 Å². The molecule has 0 bridgehead atoms. The molecule has 7 nitrogen and oxygen atoms in total. The average molecular weight is 283 g/mol. The fourth-order valence-corrected chi connectivity index (χ4v) is 2.50. The molecule has 2 rings (SSSR count). The summed E-state index contributed by atoms with van der Waals surface area (Å²) in [4.78, 5) is 4.13. The maximum absolute atomic E-state index is 11.7. The van der Waals surface area contributed by atoms with Crippen LogP contribution in [0, 0.1) is 0 Å². The first-order valence-corrected chi connectivity index (χ1v) is 7.26. The van der Waals surface area contributed by atoms with E-state index in [0.29, 0.717) is 5.56 Å². The Morgan fingerprint density at radius 3 is 2.68 bits per heavy atom. The van der Waals surface area contributed by atoms with Crippen LogP contribution >= 0.6 is 0 Å². The second kappa shape index (κ2) is 4.98. The maximum Gasteiger partial charge on any atom is 0.240 e. The van der Waals surface area contributed by atoms with E-state index in [-0.39, 0.29) is 28.9 Å². The SMILES string of the molecule is COc1c(-c2noc(CN)n2)cccc1S(C)(=O)=O. The summed E-state index contributed by atoms with van der Waals surface area (Å²) in [6, 6.07) is 4.70. The van der Waals surface area contributed by atoms with E-state index < -0.39 is 9.84 Å². The topological polar surface area (TPSA) is 108 Å². The number of benzene rings is 1. The molecular weight excluding hydrogens is 270 g/mol. The van der Waals surface area contributed by atoms with Crippen molar-refractivity contribution < 1.29 is 17.7 Å². The molecule has 0 radical (unpaired) electrons. The van der Waals surface area contributed by atoms with Crippen LogP contribution in [0.1, 0.15) is 5.89 Å². The molecule has 0 aliphatic carbocycles. The van der Waals surface area contributed by atoms with Crippen molar-refractivity contribution in [2.75, 3.05) is 13.4 Å². The lowest BCUT2D eigenvalue weighted by atomic mass is 10.2. The van der Waals surface area contributed by atoms with Crippen molar-refractivity contribution >= 4 is 9.84 Å². The summed E-state index contributed by atoms with van der Waals surface area (Å²) >= 11 is 0. The first-order chi connectivity index (χ1) is 8.97. The zero-order chi connectivity index (χ0) is 14.0. The van der Waals surface area contributed by atoms with Crippen LogP contribution < -0.4 is 10.5 Å². The molecule has 2 N–H and O–H groups in total. The zero-order valence-electron chi connectivity index (χ0n) is 10.5. The molecule has 0 aliphatic rings. The predicted molar refractivity (Wildman–Crippen MR) is 67.3 cm³/mol. The number of para-hydroxylation sites is 1. The molecule has 1 aromatic heterocycles. The van der Waals surface area contributed by atoms with Gasteiger partial charge in [0.25, 0.3) is 0 Å². The summed E-state index contributed by atoms with van der Waals surface area (Å²) < 4.78 is 33.5. The van der Waals surface area contributed by atoms with Crippen molar-refractivity contribution in [2.24, 2.45) is 5.73 Å². The number of nitrogens with two attached hydrogens (primary N) is 1. The number of hydrogen-bond donors (Lipinski definition) is 1. The van der Waals surface area contributed by atoms with Crippen LogP contribution in [0.4, 0.5) is 0 Å². The van der Waals surface area contributed by atoms with E-state index in [0.717, 1.165) is 6.26 Å². The third-order valence-corrected chi connectivity index (χ3v) is 3.59. The molecule has 0 saturated carbocycles. The molecule has 102 valence electrons. The molecule has 0 unspecified atom stereocenters. The Morgan fingerprint density at radius 2 is 2.16 bits per heavy atom. The van der Waals surface area contributed by atoms with Crippen LogP contribution in [0.5, 0.6) is 5.75 Å². The summed E-state index contributed by atoms with van der Waals surface area (Å²) in [5, 5.41) is 3.75. The smallest absolute Gasteiger partial charge is 0.240 e. The third-order valence-electron chi connectivity index (χ3n) is 2.47. The standard InChI is InChI=1S/C11H13N3O4S/c1-17-10-7(11-13-9(6-12)18-14-11)4-3-5-8(10)19(2,15)16/h3-5H,6,12H2,1-2H3. The molecule has 8 heteroatoms. The summed E-state index contributed by atoms with van der Waals surface area (Å²) in [5.74, 6) is 0.694. The van der Waals surface area contributed by atoms with E-state index in [4.69, 9.17) is 15.0 Å². The molecule has 1 aromatic carbocycles. The maximum atomic E-state index is 11.7. The minimum Gasteiger partial charge on any atom is -0.495 e. The van der Waals surface area contributed by atoms with Gasteiger partial charge in [-0.05, 0) is 12.1 Å². The monoisotopic (exact) mass is 283 g/mol. The van der Waals surface area contributed by atoms with E-state index in [1.54, 1.807) is 12.1 Å². The minimum atomic E-state index is -3.41. The summed E-state index contributed by atoms with van der Waals surface area (Å²) in [5.41, 5.74) is 5.83. The van der Waals surface area contributed by atoms with Gasteiger partial charge in [0.2, 0.25) is 11.7 Å². The summed E-state index contributed by atoms with van der Waals surface area (Å²) in [6.45, 7) is 0.112. The van der Waals surface area contributed by atoms with Crippen molar-refractivity contribution in [1.29, 1.82) is 0 Å². The number of aromatic nitrogens is 2. The molecule has 0 saturated heterocycles. The summed E-state index contributed by atoms with van der Waals surface area (Å²) in [6.07, 6.45) is 1.11. The second-order valence-corrected chi connectivity index (χ2v) is 5.81. The lowest BCUT2D eigenvalue weighted by Crippen LogP contribution is -2.02. The van der Waals surface area contributed by atoms with Gasteiger partial charge in [0.1, 0.15) is 10.6 Å². The molecule has 0 fully saturated rings. The Balaban J connectivity index is 2.64. The fourth-order valence-electron chi connectivity index (χ4n) is 1.64. The number of hydrogen-bond acceptors (Lipinski definition) is 7. The molecule has 0 atom stereocenters. The summed E-state index contributed by atoms with van der Waals surface area (Å²) in [7, 11) is -2.02. The number of methoxy groups -OCH3 is 1. The molecular formula is C11H13N3O4S. The largest absolute Gasteiger partial charge is 0.495 e. The Hall–Kier alpha value is -1.93. The van der Waals surface area contributed by atoms with E-state index in [2.05, 4.69) is 10.1 Å². The van der Waals surface area contributed by atoms with E-state index in [1.165, 1.54) is 13.2 Å².